The van der Waals surface area contributed by atoms with Crippen LogP contribution in [0.2, 0.25) is 0 Å². The molecule has 0 fully saturated rings. The molecule has 3 rings (SSSR count). The van der Waals surface area contributed by atoms with Crippen LogP contribution < -0.4 is 5.32 Å². The molecule has 2 aromatic carbocycles. The first-order valence-electron chi connectivity index (χ1n) is 7.96. The molecule has 4 nitrogen and oxygen atoms in total. The lowest BCUT2D eigenvalue weighted by Crippen LogP contribution is -2.26. The number of benzene rings is 2. The van der Waals surface area contributed by atoms with Gasteiger partial charge >= 0.3 is 0 Å². The molecular weight excluding hydrogens is 336 g/mol. The highest BCUT2D eigenvalue weighted by Crippen LogP contribution is 2.23. The molecule has 0 aliphatic rings. The van der Waals surface area contributed by atoms with Crippen molar-refractivity contribution in [2.24, 2.45) is 0 Å². The molecule has 0 radical (unpaired) electrons. The highest BCUT2D eigenvalue weighted by atomic mass is 19.2. The maximum absolute atomic E-state index is 13.4. The summed E-state index contributed by atoms with van der Waals surface area (Å²) < 4.78 is 28.1. The SMILES string of the molecule is C=C(C)CNC(=O)c1cncn1-c1ccc(-c2ccc(F)c(F)c2)cc1. The minimum Gasteiger partial charge on any atom is -0.347 e. The molecule has 0 spiro atoms. The zero-order chi connectivity index (χ0) is 18.7. The van der Waals surface area contributed by atoms with E-state index in [1.54, 1.807) is 35.2 Å². The number of carbonyl (C=O) groups excluding carboxylic acids is 1. The summed E-state index contributed by atoms with van der Waals surface area (Å²) in [6.45, 7) is 5.97. The summed E-state index contributed by atoms with van der Waals surface area (Å²) in [4.78, 5) is 16.3. The van der Waals surface area contributed by atoms with Crippen LogP contribution in [-0.2, 0) is 0 Å². The Balaban J connectivity index is 1.85. The first-order valence-corrected chi connectivity index (χ1v) is 7.96. The van der Waals surface area contributed by atoms with Crippen molar-refractivity contribution >= 4 is 5.91 Å². The van der Waals surface area contributed by atoms with E-state index in [2.05, 4.69) is 16.9 Å². The third kappa shape index (κ3) is 3.69. The van der Waals surface area contributed by atoms with Gasteiger partial charge in [-0.25, -0.2) is 13.8 Å². The predicted molar refractivity (Wildman–Crippen MR) is 96.1 cm³/mol. The smallest absolute Gasteiger partial charge is 0.270 e. The van der Waals surface area contributed by atoms with Crippen molar-refractivity contribution in [3.05, 3.63) is 84.5 Å². The Morgan fingerprint density at radius 2 is 1.81 bits per heavy atom. The monoisotopic (exact) mass is 353 g/mol. The summed E-state index contributed by atoms with van der Waals surface area (Å²) in [5.41, 5.74) is 3.28. The molecule has 1 amide bonds. The number of halogens is 2. The van der Waals surface area contributed by atoms with Crippen LogP contribution in [0.15, 0.2) is 67.1 Å². The van der Waals surface area contributed by atoms with Crippen LogP contribution in [0, 0.1) is 11.6 Å². The van der Waals surface area contributed by atoms with Gasteiger partial charge in [-0.3, -0.25) is 9.36 Å². The number of imidazole rings is 1. The number of nitrogens with one attached hydrogen (secondary N) is 1. The highest BCUT2D eigenvalue weighted by molar-refractivity contribution is 5.93. The third-order valence-corrected chi connectivity index (χ3v) is 3.82. The lowest BCUT2D eigenvalue weighted by molar-refractivity contribution is 0.0950. The van der Waals surface area contributed by atoms with Crippen LogP contribution in [0.5, 0.6) is 0 Å². The third-order valence-electron chi connectivity index (χ3n) is 3.82. The Hall–Kier alpha value is -3.28. The van der Waals surface area contributed by atoms with Crippen LogP contribution in [0.3, 0.4) is 0 Å². The number of nitrogens with zero attached hydrogens (tertiary/aromatic N) is 2. The molecule has 132 valence electrons. The Kier molecular flexibility index (Phi) is 4.93. The maximum atomic E-state index is 13.4. The van der Waals surface area contributed by atoms with E-state index >= 15 is 0 Å². The van der Waals surface area contributed by atoms with Crippen LogP contribution in [-0.4, -0.2) is 22.0 Å². The van der Waals surface area contributed by atoms with E-state index in [1.807, 2.05) is 6.92 Å². The molecule has 26 heavy (non-hydrogen) atoms. The van der Waals surface area contributed by atoms with Crippen molar-refractivity contribution in [1.29, 1.82) is 0 Å². The van der Waals surface area contributed by atoms with Crippen LogP contribution >= 0.6 is 0 Å². The second-order valence-electron chi connectivity index (χ2n) is 5.96. The Labute approximate surface area is 149 Å². The fourth-order valence-electron chi connectivity index (χ4n) is 2.48. The molecule has 0 bridgehead atoms. The number of carbonyl (C=O) groups is 1. The van der Waals surface area contributed by atoms with E-state index in [-0.39, 0.29) is 5.91 Å². The summed E-state index contributed by atoms with van der Waals surface area (Å²) in [7, 11) is 0. The summed E-state index contributed by atoms with van der Waals surface area (Å²) in [6.07, 6.45) is 3.03. The van der Waals surface area contributed by atoms with Crippen molar-refractivity contribution < 1.29 is 13.6 Å². The summed E-state index contributed by atoms with van der Waals surface area (Å²) in [6, 6.07) is 10.9. The van der Waals surface area contributed by atoms with E-state index in [1.165, 1.54) is 12.3 Å². The summed E-state index contributed by atoms with van der Waals surface area (Å²) in [5.74, 6) is -2.03. The Morgan fingerprint density at radius 1 is 1.12 bits per heavy atom. The van der Waals surface area contributed by atoms with Gasteiger partial charge in [0.05, 0.1) is 12.5 Å². The molecule has 0 atom stereocenters. The van der Waals surface area contributed by atoms with Crippen molar-refractivity contribution in [2.75, 3.05) is 6.54 Å². The second-order valence-corrected chi connectivity index (χ2v) is 5.96. The van der Waals surface area contributed by atoms with Crippen LogP contribution in [0.4, 0.5) is 8.78 Å². The van der Waals surface area contributed by atoms with E-state index in [0.717, 1.165) is 29.0 Å². The second kappa shape index (κ2) is 7.31. The molecule has 6 heteroatoms. The molecule has 0 aliphatic carbocycles. The number of rotatable bonds is 5. The molecule has 0 saturated carbocycles. The minimum absolute atomic E-state index is 0.254. The normalized spacial score (nSPS) is 10.6. The van der Waals surface area contributed by atoms with Crippen molar-refractivity contribution in [2.45, 2.75) is 6.92 Å². The molecule has 0 aliphatic heterocycles. The number of amides is 1. The lowest BCUT2D eigenvalue weighted by Gasteiger charge is -2.10. The van der Waals surface area contributed by atoms with Gasteiger partial charge in [0.2, 0.25) is 0 Å². The molecule has 0 unspecified atom stereocenters. The van der Waals surface area contributed by atoms with Gasteiger partial charge in [0.15, 0.2) is 11.6 Å². The van der Waals surface area contributed by atoms with Gasteiger partial charge in [-0.1, -0.05) is 30.4 Å². The minimum atomic E-state index is -0.891. The highest BCUT2D eigenvalue weighted by Gasteiger charge is 2.13. The molecule has 0 saturated heterocycles. The molecular formula is C20H17F2N3O. The number of hydrogen-bond donors (Lipinski definition) is 1. The fraction of sp³-hybridized carbons (Fsp3) is 0.100. The summed E-state index contributed by atoms with van der Waals surface area (Å²) >= 11 is 0. The van der Waals surface area contributed by atoms with E-state index in [0.29, 0.717) is 17.8 Å². The largest absolute Gasteiger partial charge is 0.347 e. The van der Waals surface area contributed by atoms with Gasteiger partial charge in [0, 0.05) is 12.2 Å². The van der Waals surface area contributed by atoms with E-state index < -0.39 is 11.6 Å². The van der Waals surface area contributed by atoms with E-state index in [9.17, 15) is 13.6 Å². The quantitative estimate of drug-likeness (QED) is 0.701. The first kappa shape index (κ1) is 17.5. The number of hydrogen-bond acceptors (Lipinski definition) is 2. The number of aromatic nitrogens is 2. The van der Waals surface area contributed by atoms with Crippen molar-refractivity contribution in [3.8, 4) is 16.8 Å². The first-order chi connectivity index (χ1) is 12.5. The lowest BCUT2D eigenvalue weighted by atomic mass is 10.1. The summed E-state index contributed by atoms with van der Waals surface area (Å²) in [5, 5.41) is 2.77. The maximum Gasteiger partial charge on any atom is 0.270 e. The topological polar surface area (TPSA) is 46.9 Å². The van der Waals surface area contributed by atoms with Gasteiger partial charge < -0.3 is 5.32 Å². The average molecular weight is 353 g/mol. The van der Waals surface area contributed by atoms with Crippen molar-refractivity contribution in [1.82, 2.24) is 14.9 Å². The standard InChI is InChI=1S/C20H17F2N3O/c1-13(2)10-24-20(26)19-11-23-12-25(19)16-6-3-14(4-7-16)15-5-8-17(21)18(22)9-15/h3-9,11-12H,1,10H2,2H3,(H,24,26). The fourth-order valence-corrected chi connectivity index (χ4v) is 2.48. The molecule has 3 aromatic rings. The van der Waals surface area contributed by atoms with Gasteiger partial charge in [-0.2, -0.15) is 0 Å². The van der Waals surface area contributed by atoms with Crippen molar-refractivity contribution in [3.63, 3.8) is 0 Å². The zero-order valence-electron chi connectivity index (χ0n) is 14.2. The zero-order valence-corrected chi connectivity index (χ0v) is 14.2. The Morgan fingerprint density at radius 3 is 2.46 bits per heavy atom. The van der Waals surface area contributed by atoms with Crippen LogP contribution in [0.25, 0.3) is 16.8 Å². The van der Waals surface area contributed by atoms with Crippen LogP contribution in [0.1, 0.15) is 17.4 Å². The molecule has 1 aromatic heterocycles. The van der Waals surface area contributed by atoms with E-state index in [4.69, 9.17) is 0 Å². The average Bonchev–Trinajstić information content (AvgIpc) is 3.12. The Bertz CT molecular complexity index is 961. The molecule has 1 N–H and O–H groups in total. The van der Waals surface area contributed by atoms with Gasteiger partial charge in [-0.05, 0) is 42.3 Å². The van der Waals surface area contributed by atoms with Gasteiger partial charge in [0.1, 0.15) is 5.69 Å². The predicted octanol–water partition coefficient (Wildman–Crippen LogP) is 4.12. The van der Waals surface area contributed by atoms with Gasteiger partial charge in [-0.15, -0.1) is 0 Å². The van der Waals surface area contributed by atoms with Gasteiger partial charge in [0.25, 0.3) is 5.91 Å². The molecule has 1 heterocycles.